The molecule has 1 amide bonds. The Balaban J connectivity index is 2.60. The highest BCUT2D eigenvalue weighted by Crippen LogP contribution is 2.03. The van der Waals surface area contributed by atoms with E-state index < -0.39 is 6.10 Å². The Bertz CT molecular complexity index is 318. The Kier molecular flexibility index (Phi) is 4.37. The molecule has 4 heteroatoms. The summed E-state index contributed by atoms with van der Waals surface area (Å²) >= 11 is 0. The number of carbonyl (C=O) groups excluding carboxylic acids is 1. The average molecular weight is 210 g/mol. The zero-order valence-corrected chi connectivity index (χ0v) is 9.23. The van der Waals surface area contributed by atoms with E-state index in [4.69, 9.17) is 5.11 Å². The SMILES string of the molecule is CCCn1cccc1C(=O)NC[C@H](C)O. The number of nitrogens with zero attached hydrogens (tertiary/aromatic N) is 1. The van der Waals surface area contributed by atoms with Gasteiger partial charge in [-0.15, -0.1) is 0 Å². The van der Waals surface area contributed by atoms with Crippen molar-refractivity contribution in [1.29, 1.82) is 0 Å². The second-order valence-corrected chi connectivity index (χ2v) is 3.65. The van der Waals surface area contributed by atoms with Gasteiger partial charge in [0.1, 0.15) is 5.69 Å². The molecule has 0 aliphatic carbocycles. The van der Waals surface area contributed by atoms with Gasteiger partial charge in [-0.1, -0.05) is 6.92 Å². The standard InChI is InChI=1S/C11H18N2O2/c1-3-6-13-7-4-5-10(13)11(15)12-8-9(2)14/h4-5,7,9,14H,3,6,8H2,1-2H3,(H,12,15)/t9-/m0/s1. The summed E-state index contributed by atoms with van der Waals surface area (Å²) in [6, 6.07) is 3.64. The Morgan fingerprint density at radius 1 is 1.67 bits per heavy atom. The molecule has 84 valence electrons. The third kappa shape index (κ3) is 3.40. The van der Waals surface area contributed by atoms with Crippen LogP contribution in [0.15, 0.2) is 18.3 Å². The number of aromatic nitrogens is 1. The second kappa shape index (κ2) is 5.56. The number of nitrogens with one attached hydrogen (secondary N) is 1. The van der Waals surface area contributed by atoms with Crippen LogP contribution < -0.4 is 5.32 Å². The van der Waals surface area contributed by atoms with E-state index in [9.17, 15) is 4.79 Å². The lowest BCUT2D eigenvalue weighted by Gasteiger charge is -2.09. The van der Waals surface area contributed by atoms with E-state index in [1.165, 1.54) is 0 Å². The summed E-state index contributed by atoms with van der Waals surface area (Å²) in [6.07, 6.45) is 2.37. The number of aryl methyl sites for hydroxylation is 1. The van der Waals surface area contributed by atoms with E-state index in [0.29, 0.717) is 5.69 Å². The molecule has 0 bridgehead atoms. The van der Waals surface area contributed by atoms with Crippen LogP contribution in [0.3, 0.4) is 0 Å². The van der Waals surface area contributed by atoms with Gasteiger partial charge in [0.15, 0.2) is 0 Å². The van der Waals surface area contributed by atoms with E-state index in [0.717, 1.165) is 13.0 Å². The van der Waals surface area contributed by atoms with Crippen LogP contribution in [0.1, 0.15) is 30.8 Å². The molecule has 1 aromatic rings. The van der Waals surface area contributed by atoms with E-state index in [1.807, 2.05) is 16.8 Å². The van der Waals surface area contributed by atoms with E-state index in [-0.39, 0.29) is 12.5 Å². The Labute approximate surface area is 89.9 Å². The molecule has 0 aliphatic heterocycles. The predicted molar refractivity (Wildman–Crippen MR) is 58.7 cm³/mol. The quantitative estimate of drug-likeness (QED) is 0.762. The summed E-state index contributed by atoms with van der Waals surface area (Å²) in [5.74, 6) is -0.130. The van der Waals surface area contributed by atoms with Crippen LogP contribution in [0.2, 0.25) is 0 Å². The van der Waals surface area contributed by atoms with Crippen molar-refractivity contribution in [1.82, 2.24) is 9.88 Å². The summed E-state index contributed by atoms with van der Waals surface area (Å²) < 4.78 is 1.91. The van der Waals surface area contributed by atoms with Crippen molar-refractivity contribution in [3.8, 4) is 0 Å². The van der Waals surface area contributed by atoms with Gasteiger partial charge in [-0.25, -0.2) is 0 Å². The number of carbonyl (C=O) groups is 1. The molecule has 0 saturated carbocycles. The number of hydrogen-bond donors (Lipinski definition) is 2. The number of amides is 1. The number of aliphatic hydroxyl groups is 1. The van der Waals surface area contributed by atoms with Gasteiger partial charge in [0.05, 0.1) is 6.10 Å². The van der Waals surface area contributed by atoms with Crippen LogP contribution in [-0.2, 0) is 6.54 Å². The topological polar surface area (TPSA) is 54.3 Å². The molecule has 1 aromatic heterocycles. The zero-order valence-electron chi connectivity index (χ0n) is 9.23. The molecule has 4 nitrogen and oxygen atoms in total. The molecule has 0 aliphatic rings. The highest BCUT2D eigenvalue weighted by molar-refractivity contribution is 5.92. The maximum Gasteiger partial charge on any atom is 0.267 e. The molecule has 0 fully saturated rings. The van der Waals surface area contributed by atoms with Crippen molar-refractivity contribution in [2.24, 2.45) is 0 Å². The monoisotopic (exact) mass is 210 g/mol. The van der Waals surface area contributed by atoms with Gasteiger partial charge in [-0.2, -0.15) is 0 Å². The minimum atomic E-state index is -0.511. The van der Waals surface area contributed by atoms with Gasteiger partial charge < -0.3 is 15.0 Å². The van der Waals surface area contributed by atoms with E-state index in [2.05, 4.69) is 12.2 Å². The van der Waals surface area contributed by atoms with Gasteiger partial charge in [-0.3, -0.25) is 4.79 Å². The van der Waals surface area contributed by atoms with Gasteiger partial charge in [0.2, 0.25) is 0 Å². The highest BCUT2D eigenvalue weighted by Gasteiger charge is 2.10. The summed E-state index contributed by atoms with van der Waals surface area (Å²) in [5, 5.41) is 11.7. The van der Waals surface area contributed by atoms with E-state index >= 15 is 0 Å². The summed E-state index contributed by atoms with van der Waals surface area (Å²) in [6.45, 7) is 4.84. The van der Waals surface area contributed by atoms with Crippen LogP contribution in [0.25, 0.3) is 0 Å². The number of hydrogen-bond acceptors (Lipinski definition) is 2. The van der Waals surface area contributed by atoms with Crippen molar-refractivity contribution >= 4 is 5.91 Å². The first-order chi connectivity index (χ1) is 7.15. The lowest BCUT2D eigenvalue weighted by molar-refractivity contribution is 0.0914. The van der Waals surface area contributed by atoms with Crippen LogP contribution in [0.5, 0.6) is 0 Å². The van der Waals surface area contributed by atoms with Gasteiger partial charge >= 0.3 is 0 Å². The average Bonchev–Trinajstić information content (AvgIpc) is 2.63. The van der Waals surface area contributed by atoms with Crippen molar-refractivity contribution in [3.05, 3.63) is 24.0 Å². The fourth-order valence-electron chi connectivity index (χ4n) is 1.39. The fraction of sp³-hybridized carbons (Fsp3) is 0.545. The van der Waals surface area contributed by atoms with Gasteiger partial charge in [0.25, 0.3) is 5.91 Å². The van der Waals surface area contributed by atoms with Crippen molar-refractivity contribution in [3.63, 3.8) is 0 Å². The van der Waals surface area contributed by atoms with Crippen LogP contribution >= 0.6 is 0 Å². The minimum absolute atomic E-state index is 0.130. The molecular formula is C11H18N2O2. The lowest BCUT2D eigenvalue weighted by atomic mass is 10.3. The summed E-state index contributed by atoms with van der Waals surface area (Å²) in [7, 11) is 0. The molecular weight excluding hydrogens is 192 g/mol. The molecule has 0 radical (unpaired) electrons. The van der Waals surface area contributed by atoms with Crippen LogP contribution in [-0.4, -0.2) is 28.2 Å². The third-order valence-electron chi connectivity index (χ3n) is 2.08. The Morgan fingerprint density at radius 3 is 3.00 bits per heavy atom. The fourth-order valence-corrected chi connectivity index (χ4v) is 1.39. The zero-order chi connectivity index (χ0) is 11.3. The number of aliphatic hydroxyl groups excluding tert-OH is 1. The first-order valence-electron chi connectivity index (χ1n) is 5.26. The third-order valence-corrected chi connectivity index (χ3v) is 2.08. The second-order valence-electron chi connectivity index (χ2n) is 3.65. The minimum Gasteiger partial charge on any atom is -0.392 e. The van der Waals surface area contributed by atoms with Gasteiger partial charge in [0, 0.05) is 19.3 Å². The number of rotatable bonds is 5. The van der Waals surface area contributed by atoms with E-state index in [1.54, 1.807) is 13.0 Å². The molecule has 0 aromatic carbocycles. The smallest absolute Gasteiger partial charge is 0.267 e. The molecule has 1 rings (SSSR count). The largest absolute Gasteiger partial charge is 0.392 e. The first kappa shape index (κ1) is 11.8. The van der Waals surface area contributed by atoms with Crippen molar-refractivity contribution in [2.75, 3.05) is 6.54 Å². The molecule has 0 saturated heterocycles. The Hall–Kier alpha value is -1.29. The van der Waals surface area contributed by atoms with Crippen LogP contribution in [0, 0.1) is 0 Å². The first-order valence-corrected chi connectivity index (χ1v) is 5.26. The van der Waals surface area contributed by atoms with Crippen molar-refractivity contribution < 1.29 is 9.90 Å². The molecule has 1 atom stereocenters. The lowest BCUT2D eigenvalue weighted by Crippen LogP contribution is -2.31. The summed E-state index contributed by atoms with van der Waals surface area (Å²) in [4.78, 5) is 11.7. The van der Waals surface area contributed by atoms with Crippen molar-refractivity contribution in [2.45, 2.75) is 32.9 Å². The predicted octanol–water partition coefficient (Wildman–Crippen LogP) is 1.01. The molecule has 2 N–H and O–H groups in total. The summed E-state index contributed by atoms with van der Waals surface area (Å²) in [5.41, 5.74) is 0.650. The van der Waals surface area contributed by atoms with Crippen LogP contribution in [0.4, 0.5) is 0 Å². The maximum atomic E-state index is 11.7. The maximum absolute atomic E-state index is 11.7. The highest BCUT2D eigenvalue weighted by atomic mass is 16.3. The molecule has 1 heterocycles. The molecule has 0 unspecified atom stereocenters. The Morgan fingerprint density at radius 2 is 2.40 bits per heavy atom. The normalized spacial score (nSPS) is 12.5. The molecule has 0 spiro atoms. The van der Waals surface area contributed by atoms with Gasteiger partial charge in [-0.05, 0) is 25.5 Å². The molecule has 15 heavy (non-hydrogen) atoms.